The molecule has 3 aromatic rings. The molecule has 0 aliphatic carbocycles. The minimum absolute atomic E-state index is 0.0169. The molecule has 9 atom stereocenters. The number of aliphatic hydroxyl groups excluding tert-OH is 1. The lowest BCUT2D eigenvalue weighted by Gasteiger charge is -2.27. The number of unbranched alkanes of at least 4 members (excludes halogenated alkanes) is 1. The highest BCUT2D eigenvalue weighted by Gasteiger charge is 2.34. The van der Waals surface area contributed by atoms with Gasteiger partial charge in [-0.05, 0) is 83.0 Å². The number of rotatable bonds is 30. The first kappa shape index (κ1) is 56.9. The van der Waals surface area contributed by atoms with E-state index in [0.717, 1.165) is 17.8 Å². The van der Waals surface area contributed by atoms with E-state index in [1.54, 1.807) is 36.5 Å². The molecule has 70 heavy (non-hydrogen) atoms. The molecule has 7 amide bonds. The van der Waals surface area contributed by atoms with Gasteiger partial charge in [0.2, 0.25) is 41.4 Å². The third-order valence-corrected chi connectivity index (χ3v) is 11.1. The van der Waals surface area contributed by atoms with Crippen molar-refractivity contribution in [3.8, 4) is 0 Å². The summed E-state index contributed by atoms with van der Waals surface area (Å²) >= 11 is 0. The van der Waals surface area contributed by atoms with Gasteiger partial charge < -0.3 is 74.1 Å². The minimum Gasteiger partial charge on any atom is -0.481 e. The number of nitrogens with one attached hydrogen (secondary N) is 8. The van der Waals surface area contributed by atoms with Gasteiger partial charge in [-0.3, -0.25) is 43.2 Å². The number of nitrogens with two attached hydrogens (primary N) is 2. The Kier molecular flexibility index (Phi) is 22.9. The number of carboxylic acid groups (broad SMARTS) is 3. The lowest BCUT2D eigenvalue weighted by molar-refractivity contribution is -0.143. The Labute approximate surface area is 402 Å². The van der Waals surface area contributed by atoms with Crippen LogP contribution < -0.4 is 48.7 Å². The number of hydrogen-bond acceptors (Lipinski definition) is 13. The van der Waals surface area contributed by atoms with Gasteiger partial charge in [0.1, 0.15) is 42.3 Å². The molecule has 382 valence electrons. The average Bonchev–Trinajstić information content (AvgIpc) is 3.71. The van der Waals surface area contributed by atoms with Crippen LogP contribution in [0, 0.1) is 0 Å². The Bertz CT molecular complexity index is 2310. The Morgan fingerprint density at radius 3 is 1.66 bits per heavy atom. The predicted molar refractivity (Wildman–Crippen MR) is 251 cm³/mol. The van der Waals surface area contributed by atoms with Crippen molar-refractivity contribution in [2.45, 2.75) is 133 Å². The molecular formula is C46H64N10O14. The quantitative estimate of drug-likeness (QED) is 0.0323. The molecule has 0 aliphatic heterocycles. The van der Waals surface area contributed by atoms with E-state index < -0.39 is 139 Å². The van der Waals surface area contributed by atoms with Crippen LogP contribution in [0.5, 0.6) is 0 Å². The maximum atomic E-state index is 13.8. The molecule has 0 fully saturated rings. The van der Waals surface area contributed by atoms with Gasteiger partial charge in [-0.15, -0.1) is 0 Å². The molecule has 2 aromatic carbocycles. The number of carbonyl (C=O) groups excluding carboxylic acids is 7. The van der Waals surface area contributed by atoms with Crippen LogP contribution >= 0.6 is 0 Å². The molecule has 3 rings (SSSR count). The lowest BCUT2D eigenvalue weighted by atomic mass is 10.0. The Balaban J connectivity index is 1.67. The van der Waals surface area contributed by atoms with E-state index in [1.165, 1.54) is 13.8 Å². The molecule has 24 nitrogen and oxygen atoms in total. The Hall–Kier alpha value is -7.44. The van der Waals surface area contributed by atoms with E-state index >= 15 is 0 Å². The number of aliphatic hydroxyl groups is 1. The van der Waals surface area contributed by atoms with E-state index in [4.69, 9.17) is 16.6 Å². The fourth-order valence-corrected chi connectivity index (χ4v) is 7.06. The van der Waals surface area contributed by atoms with Crippen molar-refractivity contribution in [1.82, 2.24) is 42.2 Å². The maximum absolute atomic E-state index is 13.8. The summed E-state index contributed by atoms with van der Waals surface area (Å²) in [4.78, 5) is 132. The van der Waals surface area contributed by atoms with Crippen LogP contribution in [-0.2, 0) is 60.8 Å². The topological polar surface area (TPSA) is 404 Å². The van der Waals surface area contributed by atoms with Gasteiger partial charge in [0.25, 0.3) is 0 Å². The number of aliphatic carboxylic acids is 3. The van der Waals surface area contributed by atoms with Gasteiger partial charge in [-0.2, -0.15) is 0 Å². The number of aromatic amines is 1. The van der Waals surface area contributed by atoms with Gasteiger partial charge in [0.15, 0.2) is 0 Å². The second kappa shape index (κ2) is 28.1. The molecule has 0 saturated carbocycles. The SMILES string of the molecule is C[C@H](NC(=O)[C@H](C)NC(=O)[C@@H](NC(=O)[C@H](CCC(=O)O)NC(=O)[C@@H](N)Cc1c[nH]c2ccccc12)[C@@H](C)O)C(=O)N[C@@H](CCCCN)C(=O)N[C@@H](Cc1ccccc1)C(=O)N[C@@H](CCC(=O)O)C(=O)O. The van der Waals surface area contributed by atoms with Gasteiger partial charge in [-0.1, -0.05) is 48.5 Å². The molecule has 16 N–H and O–H groups in total. The van der Waals surface area contributed by atoms with Gasteiger partial charge >= 0.3 is 17.9 Å². The second-order valence-electron chi connectivity index (χ2n) is 16.8. The molecule has 0 bridgehead atoms. The molecule has 1 heterocycles. The summed E-state index contributed by atoms with van der Waals surface area (Å²) in [7, 11) is 0. The van der Waals surface area contributed by atoms with Crippen LogP contribution in [-0.4, -0.2) is 146 Å². The lowest BCUT2D eigenvalue weighted by Crippen LogP contribution is -2.61. The van der Waals surface area contributed by atoms with Crippen LogP contribution in [0.1, 0.15) is 76.8 Å². The molecule has 1 aromatic heterocycles. The van der Waals surface area contributed by atoms with Gasteiger partial charge in [-0.25, -0.2) is 4.79 Å². The molecule has 0 radical (unpaired) electrons. The van der Waals surface area contributed by atoms with E-state index in [0.29, 0.717) is 24.0 Å². The molecule has 24 heteroatoms. The third kappa shape index (κ3) is 18.6. The fraction of sp³-hybridized carbons (Fsp3) is 0.478. The van der Waals surface area contributed by atoms with Crippen LogP contribution in [0.2, 0.25) is 0 Å². The van der Waals surface area contributed by atoms with Crippen molar-refractivity contribution in [2.75, 3.05) is 6.54 Å². The highest BCUT2D eigenvalue weighted by Crippen LogP contribution is 2.19. The van der Waals surface area contributed by atoms with E-state index in [1.807, 2.05) is 24.3 Å². The standard InChI is InChI=1S/C46H64N10O14/c1-24(51-45(68)38(26(3)57)56-43(66)33(16-18-36(58)59)53-41(64)30(48)22-28-23-49-31-14-8-7-13-29(28)31)39(62)50-25(2)40(63)52-32(15-9-10-20-47)42(65)55-35(21-27-11-5-4-6-12-27)44(67)54-34(46(69)70)17-19-37(60)61/h4-8,11-14,23-26,30,32-35,38,49,57H,9-10,15-22,47-48H2,1-3H3,(H,50,62)(H,51,68)(H,52,63)(H,53,64)(H,54,67)(H,55,65)(H,56,66)(H,58,59)(H,60,61)(H,69,70)/t24-,25-,26+,30-,32-,33-,34-,35-,38-/m0/s1. The summed E-state index contributed by atoms with van der Waals surface area (Å²) in [5, 5.41) is 56.2. The van der Waals surface area contributed by atoms with Crippen molar-refractivity contribution in [3.05, 3.63) is 71.9 Å². The number of hydrogen-bond donors (Lipinski definition) is 14. The van der Waals surface area contributed by atoms with Crippen LogP contribution in [0.25, 0.3) is 10.9 Å². The molecule has 0 saturated heterocycles. The summed E-state index contributed by atoms with van der Waals surface area (Å²) in [6.07, 6.45) is -1.16. The fourth-order valence-electron chi connectivity index (χ4n) is 7.06. The van der Waals surface area contributed by atoms with E-state index in [-0.39, 0.29) is 25.8 Å². The molecule has 0 aliphatic rings. The number of aromatic nitrogens is 1. The van der Waals surface area contributed by atoms with Crippen molar-refractivity contribution in [3.63, 3.8) is 0 Å². The summed E-state index contributed by atoms with van der Waals surface area (Å²) in [5.74, 6) is -10.5. The molecule has 0 spiro atoms. The minimum atomic E-state index is -1.73. The van der Waals surface area contributed by atoms with Gasteiger partial charge in [0, 0.05) is 36.4 Å². The molecule has 0 unspecified atom stereocenters. The van der Waals surface area contributed by atoms with E-state index in [2.05, 4.69) is 42.2 Å². The van der Waals surface area contributed by atoms with Gasteiger partial charge in [0.05, 0.1) is 12.1 Å². The van der Waals surface area contributed by atoms with Crippen molar-refractivity contribution in [1.29, 1.82) is 0 Å². The van der Waals surface area contributed by atoms with Crippen molar-refractivity contribution in [2.24, 2.45) is 11.5 Å². The molecular weight excluding hydrogens is 917 g/mol. The monoisotopic (exact) mass is 980 g/mol. The first-order chi connectivity index (χ1) is 33.1. The predicted octanol–water partition coefficient (Wildman–Crippen LogP) is -1.96. The normalized spacial score (nSPS) is 14.9. The summed E-state index contributed by atoms with van der Waals surface area (Å²) in [6.45, 7) is 3.92. The number of para-hydroxylation sites is 1. The zero-order valence-corrected chi connectivity index (χ0v) is 39.1. The highest BCUT2D eigenvalue weighted by molar-refractivity contribution is 5.98. The number of amides is 7. The number of benzene rings is 2. The average molecular weight is 981 g/mol. The highest BCUT2D eigenvalue weighted by atomic mass is 16.4. The Morgan fingerprint density at radius 1 is 0.557 bits per heavy atom. The first-order valence-corrected chi connectivity index (χ1v) is 22.6. The van der Waals surface area contributed by atoms with Crippen LogP contribution in [0.4, 0.5) is 0 Å². The zero-order chi connectivity index (χ0) is 52.1. The largest absolute Gasteiger partial charge is 0.481 e. The number of H-pyrrole nitrogens is 1. The smallest absolute Gasteiger partial charge is 0.326 e. The van der Waals surface area contributed by atoms with E-state index in [9.17, 15) is 63.3 Å². The number of carbonyl (C=O) groups is 10. The summed E-state index contributed by atoms with van der Waals surface area (Å²) in [6, 6.07) is 4.23. The van der Waals surface area contributed by atoms with Crippen molar-refractivity contribution < 1.29 is 68.4 Å². The number of fused-ring (bicyclic) bond motifs is 1. The second-order valence-corrected chi connectivity index (χ2v) is 16.8. The van der Waals surface area contributed by atoms with Crippen molar-refractivity contribution >= 4 is 70.2 Å². The Morgan fingerprint density at radius 2 is 1.06 bits per heavy atom. The summed E-state index contributed by atoms with van der Waals surface area (Å²) in [5.41, 5.74) is 13.9. The van der Waals surface area contributed by atoms with Crippen LogP contribution in [0.3, 0.4) is 0 Å². The summed E-state index contributed by atoms with van der Waals surface area (Å²) < 4.78 is 0. The zero-order valence-electron chi connectivity index (χ0n) is 39.1. The first-order valence-electron chi connectivity index (χ1n) is 22.6. The maximum Gasteiger partial charge on any atom is 0.326 e. The van der Waals surface area contributed by atoms with Crippen LogP contribution in [0.15, 0.2) is 60.8 Å². The number of carboxylic acids is 3. The third-order valence-electron chi connectivity index (χ3n) is 11.1.